The van der Waals surface area contributed by atoms with Crippen molar-refractivity contribution in [1.82, 2.24) is 0 Å². The van der Waals surface area contributed by atoms with E-state index in [2.05, 4.69) is 20.8 Å². The molecule has 2 aliphatic rings. The van der Waals surface area contributed by atoms with Gasteiger partial charge in [-0.1, -0.05) is 48.5 Å². The van der Waals surface area contributed by atoms with Crippen LogP contribution in [0.4, 0.5) is 0 Å². The molecule has 0 heteroatoms. The van der Waals surface area contributed by atoms with Crippen molar-refractivity contribution < 1.29 is 0 Å². The second-order valence-corrected chi connectivity index (χ2v) is 5.49. The van der Waals surface area contributed by atoms with Crippen LogP contribution in [0, 0.1) is 29.6 Å². The van der Waals surface area contributed by atoms with Crippen molar-refractivity contribution in [2.45, 2.75) is 74.1 Å². The van der Waals surface area contributed by atoms with Crippen molar-refractivity contribution in [2.75, 3.05) is 0 Å². The van der Waals surface area contributed by atoms with Crippen LogP contribution in [0.3, 0.4) is 0 Å². The lowest BCUT2D eigenvalue weighted by molar-refractivity contribution is 0.205. The Balaban J connectivity index is 0.000000509. The first kappa shape index (κ1) is 16.0. The van der Waals surface area contributed by atoms with E-state index in [1.165, 1.54) is 6.42 Å². The Morgan fingerprint density at radius 1 is 0.938 bits per heavy atom. The Bertz CT molecular complexity index is 157. The van der Waals surface area contributed by atoms with Crippen LogP contribution in [0.25, 0.3) is 0 Å². The van der Waals surface area contributed by atoms with E-state index < -0.39 is 0 Å². The summed E-state index contributed by atoms with van der Waals surface area (Å²) < 4.78 is 0. The van der Waals surface area contributed by atoms with Gasteiger partial charge in [0.05, 0.1) is 0 Å². The molecule has 0 aliphatic heterocycles. The molecule has 0 aromatic carbocycles. The lowest BCUT2D eigenvalue weighted by Gasteiger charge is -2.29. The van der Waals surface area contributed by atoms with Gasteiger partial charge in [-0.3, -0.25) is 0 Å². The van der Waals surface area contributed by atoms with Gasteiger partial charge in [0, 0.05) is 0 Å². The molecule has 98 valence electrons. The van der Waals surface area contributed by atoms with E-state index in [0.717, 1.165) is 29.6 Å². The number of hydrogen-bond acceptors (Lipinski definition) is 0. The molecule has 2 bridgehead atoms. The molecule has 4 atom stereocenters. The van der Waals surface area contributed by atoms with Crippen LogP contribution in [-0.2, 0) is 0 Å². The lowest BCUT2D eigenvalue weighted by atomic mass is 9.76. The summed E-state index contributed by atoms with van der Waals surface area (Å²) in [5.41, 5.74) is 0. The van der Waals surface area contributed by atoms with Gasteiger partial charge < -0.3 is 0 Å². The lowest BCUT2D eigenvalue weighted by Crippen LogP contribution is -2.21. The molecule has 4 unspecified atom stereocenters. The Morgan fingerprint density at radius 3 is 1.81 bits per heavy atom. The fraction of sp³-hybridized carbons (Fsp3) is 1.00. The molecule has 0 heterocycles. The standard InChI is InChI=1S/C12H22.2C2H6/c1-8(2)6-12-9(3)10-4-5-11(12)7-10;2*1-2/h8-12H,4-7H2,1-3H3;2*1-2H3. The first-order chi connectivity index (χ1) is 7.68. The summed E-state index contributed by atoms with van der Waals surface area (Å²) in [7, 11) is 0. The molecule has 0 saturated heterocycles. The highest BCUT2D eigenvalue weighted by molar-refractivity contribution is 4.94. The predicted octanol–water partition coefficient (Wildman–Crippen LogP) is 5.77. The van der Waals surface area contributed by atoms with Crippen LogP contribution in [0.1, 0.15) is 74.1 Å². The van der Waals surface area contributed by atoms with Crippen LogP contribution < -0.4 is 0 Å². The number of hydrogen-bond donors (Lipinski definition) is 0. The smallest absolute Gasteiger partial charge is 0.0355 e. The Morgan fingerprint density at radius 2 is 1.44 bits per heavy atom. The average Bonchev–Trinajstić information content (AvgIpc) is 2.88. The fourth-order valence-corrected chi connectivity index (χ4v) is 3.65. The minimum atomic E-state index is 0.914. The largest absolute Gasteiger partial charge is 0.0683 e. The highest BCUT2D eigenvalue weighted by Crippen LogP contribution is 2.53. The SMILES string of the molecule is CC.CC.CC(C)CC1C2CCC(C2)C1C. The molecule has 2 rings (SSSR count). The molecule has 0 aromatic rings. The molecular formula is C16H34. The zero-order chi connectivity index (χ0) is 12.7. The summed E-state index contributed by atoms with van der Waals surface area (Å²) in [6, 6.07) is 0. The summed E-state index contributed by atoms with van der Waals surface area (Å²) >= 11 is 0. The van der Waals surface area contributed by atoms with Crippen LogP contribution >= 0.6 is 0 Å². The predicted molar refractivity (Wildman–Crippen MR) is 75.6 cm³/mol. The second kappa shape index (κ2) is 8.14. The molecule has 2 fully saturated rings. The number of fused-ring (bicyclic) bond motifs is 2. The first-order valence-corrected chi connectivity index (χ1v) is 7.68. The molecule has 0 aromatic heterocycles. The molecule has 0 nitrogen and oxygen atoms in total. The molecule has 0 N–H and O–H groups in total. The maximum atomic E-state index is 2.50. The monoisotopic (exact) mass is 226 g/mol. The fourth-order valence-electron chi connectivity index (χ4n) is 3.65. The van der Waals surface area contributed by atoms with Gasteiger partial charge in [0.2, 0.25) is 0 Å². The van der Waals surface area contributed by atoms with Crippen molar-refractivity contribution >= 4 is 0 Å². The van der Waals surface area contributed by atoms with Gasteiger partial charge in [0.25, 0.3) is 0 Å². The summed E-state index contributed by atoms with van der Waals surface area (Å²) in [5, 5.41) is 0. The van der Waals surface area contributed by atoms with Gasteiger partial charge in [0.15, 0.2) is 0 Å². The quantitative estimate of drug-likeness (QED) is 0.561. The average molecular weight is 226 g/mol. The van der Waals surface area contributed by atoms with Crippen LogP contribution in [0.2, 0.25) is 0 Å². The molecule has 2 saturated carbocycles. The third-order valence-electron chi connectivity index (χ3n) is 4.28. The normalized spacial score (nSPS) is 35.2. The van der Waals surface area contributed by atoms with Gasteiger partial charge in [-0.05, 0) is 55.3 Å². The van der Waals surface area contributed by atoms with E-state index in [-0.39, 0.29) is 0 Å². The van der Waals surface area contributed by atoms with E-state index in [9.17, 15) is 0 Å². The maximum Gasteiger partial charge on any atom is -0.0355 e. The molecule has 0 radical (unpaired) electrons. The van der Waals surface area contributed by atoms with Crippen molar-refractivity contribution in [3.63, 3.8) is 0 Å². The van der Waals surface area contributed by atoms with Gasteiger partial charge in [-0.15, -0.1) is 0 Å². The Hall–Kier alpha value is 0. The second-order valence-electron chi connectivity index (χ2n) is 5.49. The van der Waals surface area contributed by atoms with Crippen molar-refractivity contribution in [3.05, 3.63) is 0 Å². The first-order valence-electron chi connectivity index (χ1n) is 7.68. The molecule has 2 aliphatic carbocycles. The summed E-state index contributed by atoms with van der Waals surface area (Å²) in [5.74, 6) is 5.28. The van der Waals surface area contributed by atoms with Crippen molar-refractivity contribution in [3.8, 4) is 0 Å². The molecule has 0 amide bonds. The molecular weight excluding hydrogens is 192 g/mol. The maximum absolute atomic E-state index is 2.50. The third-order valence-corrected chi connectivity index (χ3v) is 4.28. The van der Waals surface area contributed by atoms with Crippen molar-refractivity contribution in [2.24, 2.45) is 29.6 Å². The molecule has 0 spiro atoms. The van der Waals surface area contributed by atoms with Gasteiger partial charge >= 0.3 is 0 Å². The Kier molecular flexibility index (Phi) is 8.14. The van der Waals surface area contributed by atoms with Crippen LogP contribution in [0.5, 0.6) is 0 Å². The topological polar surface area (TPSA) is 0 Å². The van der Waals surface area contributed by atoms with Crippen LogP contribution in [0.15, 0.2) is 0 Å². The summed E-state index contributed by atoms with van der Waals surface area (Å²) in [6.45, 7) is 15.2. The van der Waals surface area contributed by atoms with Gasteiger partial charge in [0.1, 0.15) is 0 Å². The van der Waals surface area contributed by atoms with E-state index in [4.69, 9.17) is 0 Å². The minimum absolute atomic E-state index is 0.914. The minimum Gasteiger partial charge on any atom is -0.0683 e. The van der Waals surface area contributed by atoms with Gasteiger partial charge in [-0.25, -0.2) is 0 Å². The van der Waals surface area contributed by atoms with E-state index in [1.807, 2.05) is 27.7 Å². The highest BCUT2D eigenvalue weighted by atomic mass is 14.5. The zero-order valence-corrected chi connectivity index (χ0v) is 12.7. The third kappa shape index (κ3) is 3.79. The van der Waals surface area contributed by atoms with E-state index in [1.54, 1.807) is 19.3 Å². The highest BCUT2D eigenvalue weighted by Gasteiger charge is 2.44. The summed E-state index contributed by atoms with van der Waals surface area (Å²) in [6.07, 6.45) is 6.15. The van der Waals surface area contributed by atoms with Crippen molar-refractivity contribution in [1.29, 1.82) is 0 Å². The van der Waals surface area contributed by atoms with E-state index >= 15 is 0 Å². The zero-order valence-electron chi connectivity index (χ0n) is 12.7. The number of rotatable bonds is 2. The molecule has 16 heavy (non-hydrogen) atoms. The van der Waals surface area contributed by atoms with Crippen LogP contribution in [-0.4, -0.2) is 0 Å². The van der Waals surface area contributed by atoms with Gasteiger partial charge in [-0.2, -0.15) is 0 Å². The Labute approximate surface area is 104 Å². The van der Waals surface area contributed by atoms with E-state index in [0.29, 0.717) is 0 Å². The summed E-state index contributed by atoms with van der Waals surface area (Å²) in [4.78, 5) is 0.